The van der Waals surface area contributed by atoms with Crippen LogP contribution in [0.5, 0.6) is 0 Å². The molecule has 0 spiro atoms. The Morgan fingerprint density at radius 1 is 1.21 bits per heavy atom. The monoisotopic (exact) mass is 399 g/mol. The molecule has 19 heavy (non-hydrogen) atoms. The van der Waals surface area contributed by atoms with Crippen molar-refractivity contribution in [2.45, 2.75) is 17.7 Å². The van der Waals surface area contributed by atoms with Gasteiger partial charge in [0.2, 0.25) is 5.91 Å². The van der Waals surface area contributed by atoms with Crippen molar-refractivity contribution in [1.82, 2.24) is 0 Å². The van der Waals surface area contributed by atoms with Gasteiger partial charge in [-0.15, -0.1) is 11.3 Å². The predicted molar refractivity (Wildman–Crippen MR) is 86.2 cm³/mol. The summed E-state index contributed by atoms with van der Waals surface area (Å²) < 4.78 is 1.14. The van der Waals surface area contributed by atoms with E-state index >= 15 is 0 Å². The third kappa shape index (κ3) is 2.78. The fourth-order valence-electron chi connectivity index (χ4n) is 2.19. The molecular weight excluding hydrogens is 390 g/mol. The molecule has 2 aromatic rings. The van der Waals surface area contributed by atoms with Gasteiger partial charge in [0.1, 0.15) is 0 Å². The number of halogens is 2. The topological polar surface area (TPSA) is 29.1 Å². The molecule has 0 aliphatic carbocycles. The molecule has 3 rings (SSSR count). The van der Waals surface area contributed by atoms with Crippen LogP contribution in [-0.2, 0) is 11.2 Å². The number of aryl methyl sites for hydroxylation is 1. The number of hydrogen-bond acceptors (Lipinski definition) is 2. The zero-order valence-electron chi connectivity index (χ0n) is 9.95. The van der Waals surface area contributed by atoms with Gasteiger partial charge >= 0.3 is 0 Å². The van der Waals surface area contributed by atoms with E-state index in [9.17, 15) is 4.79 Å². The molecule has 0 saturated carbocycles. The number of amides is 1. The summed E-state index contributed by atoms with van der Waals surface area (Å²) in [6.45, 7) is 0. The van der Waals surface area contributed by atoms with Gasteiger partial charge in [0.05, 0.1) is 8.61 Å². The smallest absolute Gasteiger partial charge is 0.224 e. The van der Waals surface area contributed by atoms with E-state index in [1.807, 2.05) is 6.07 Å². The van der Waals surface area contributed by atoms with Gasteiger partial charge in [0, 0.05) is 17.0 Å². The molecule has 1 aliphatic heterocycles. The number of carbonyl (C=O) groups is 1. The molecule has 2 nitrogen and oxygen atoms in total. The second-order valence-electron chi connectivity index (χ2n) is 4.47. The molecular formula is C14H11Br2NOS. The van der Waals surface area contributed by atoms with Gasteiger partial charge in [-0.05, 0) is 51.7 Å². The van der Waals surface area contributed by atoms with Crippen molar-refractivity contribution in [3.8, 4) is 0 Å². The van der Waals surface area contributed by atoms with Gasteiger partial charge in [-0.2, -0.15) is 0 Å². The molecule has 0 saturated heterocycles. The first kappa shape index (κ1) is 13.3. The van der Waals surface area contributed by atoms with E-state index < -0.39 is 0 Å². The van der Waals surface area contributed by atoms with Crippen LogP contribution in [0.25, 0.3) is 0 Å². The Hall–Kier alpha value is -0.650. The number of thiophene rings is 1. The molecule has 0 fully saturated rings. The third-order valence-electron chi connectivity index (χ3n) is 3.16. The molecule has 0 radical (unpaired) electrons. The normalized spacial score (nSPS) is 15.8. The minimum Gasteiger partial charge on any atom is -0.326 e. The zero-order valence-corrected chi connectivity index (χ0v) is 13.9. The molecule has 1 aromatic carbocycles. The third-order valence-corrected chi connectivity index (χ3v) is 6.17. The summed E-state index contributed by atoms with van der Waals surface area (Å²) >= 11 is 8.97. The second-order valence-corrected chi connectivity index (χ2v) is 7.88. The average Bonchev–Trinajstić information content (AvgIpc) is 2.84. The standard InChI is InChI=1S/C14H11Br2NOS/c15-12-5-4-11(19-12)14(16)9-1-3-10-8(7-9)2-6-13(18)17-10/h1,3-5,7,14H,2,6H2,(H,17,18). The first-order chi connectivity index (χ1) is 9.13. The maximum absolute atomic E-state index is 11.3. The number of nitrogens with one attached hydrogen (secondary N) is 1. The molecule has 1 atom stereocenters. The molecule has 1 aliphatic rings. The van der Waals surface area contributed by atoms with E-state index in [4.69, 9.17) is 0 Å². The van der Waals surface area contributed by atoms with Crippen LogP contribution in [0.15, 0.2) is 34.1 Å². The van der Waals surface area contributed by atoms with Crippen LogP contribution in [0.2, 0.25) is 0 Å². The first-order valence-corrected chi connectivity index (χ1v) is 8.48. The highest BCUT2D eigenvalue weighted by molar-refractivity contribution is 9.11. The van der Waals surface area contributed by atoms with Crippen molar-refractivity contribution in [1.29, 1.82) is 0 Å². The SMILES string of the molecule is O=C1CCc2cc(C(Br)c3ccc(Br)s3)ccc2N1. The maximum atomic E-state index is 11.3. The Morgan fingerprint density at radius 2 is 2.05 bits per heavy atom. The largest absolute Gasteiger partial charge is 0.326 e. The summed E-state index contributed by atoms with van der Waals surface area (Å²) in [7, 11) is 0. The van der Waals surface area contributed by atoms with Crippen molar-refractivity contribution in [2.75, 3.05) is 5.32 Å². The average molecular weight is 401 g/mol. The first-order valence-electron chi connectivity index (χ1n) is 5.95. The number of benzene rings is 1. The molecule has 98 valence electrons. The maximum Gasteiger partial charge on any atom is 0.224 e. The number of hydrogen-bond donors (Lipinski definition) is 1. The second kappa shape index (κ2) is 5.38. The summed E-state index contributed by atoms with van der Waals surface area (Å²) in [6.07, 6.45) is 1.40. The molecule has 1 aromatic heterocycles. The van der Waals surface area contributed by atoms with E-state index in [1.165, 1.54) is 16.0 Å². The fraction of sp³-hybridized carbons (Fsp3) is 0.214. The Morgan fingerprint density at radius 3 is 2.79 bits per heavy atom. The van der Waals surface area contributed by atoms with Crippen molar-refractivity contribution < 1.29 is 4.79 Å². The van der Waals surface area contributed by atoms with Crippen LogP contribution in [0.1, 0.15) is 27.3 Å². The van der Waals surface area contributed by atoms with Crippen LogP contribution < -0.4 is 5.32 Å². The summed E-state index contributed by atoms with van der Waals surface area (Å²) in [6, 6.07) is 10.4. The quantitative estimate of drug-likeness (QED) is 0.715. The van der Waals surface area contributed by atoms with Crippen LogP contribution in [-0.4, -0.2) is 5.91 Å². The molecule has 1 amide bonds. The van der Waals surface area contributed by atoms with E-state index in [1.54, 1.807) is 11.3 Å². The highest BCUT2D eigenvalue weighted by Crippen LogP contribution is 2.38. The lowest BCUT2D eigenvalue weighted by Crippen LogP contribution is -2.19. The van der Waals surface area contributed by atoms with Crippen molar-refractivity contribution in [3.63, 3.8) is 0 Å². The number of fused-ring (bicyclic) bond motifs is 1. The van der Waals surface area contributed by atoms with Crippen molar-refractivity contribution >= 4 is 54.8 Å². The predicted octanol–water partition coefficient (Wildman–Crippen LogP) is 4.88. The number of alkyl halides is 1. The van der Waals surface area contributed by atoms with Crippen LogP contribution in [0, 0.1) is 0 Å². The fourth-order valence-corrected chi connectivity index (χ4v) is 4.34. The highest BCUT2D eigenvalue weighted by atomic mass is 79.9. The van der Waals surface area contributed by atoms with Gasteiger partial charge in [-0.1, -0.05) is 28.1 Å². The van der Waals surface area contributed by atoms with Crippen molar-refractivity contribution in [3.05, 3.63) is 50.1 Å². The lowest BCUT2D eigenvalue weighted by atomic mass is 9.99. The molecule has 1 N–H and O–H groups in total. The van der Waals surface area contributed by atoms with E-state index in [0.29, 0.717) is 6.42 Å². The summed E-state index contributed by atoms with van der Waals surface area (Å²) in [5, 5.41) is 2.91. The highest BCUT2D eigenvalue weighted by Gasteiger charge is 2.18. The summed E-state index contributed by atoms with van der Waals surface area (Å²) in [5.41, 5.74) is 3.40. The Bertz CT molecular complexity index is 638. The molecule has 0 bridgehead atoms. The lowest BCUT2D eigenvalue weighted by Gasteiger charge is -2.18. The van der Waals surface area contributed by atoms with Crippen LogP contribution in [0.4, 0.5) is 5.69 Å². The van der Waals surface area contributed by atoms with Gasteiger partial charge in [0.25, 0.3) is 0 Å². The minimum atomic E-state index is 0.109. The number of rotatable bonds is 2. The Balaban J connectivity index is 1.92. The van der Waals surface area contributed by atoms with E-state index in [-0.39, 0.29) is 10.7 Å². The Labute approximate surface area is 132 Å². The van der Waals surface area contributed by atoms with Gasteiger partial charge in [-0.3, -0.25) is 4.79 Å². The minimum absolute atomic E-state index is 0.109. The van der Waals surface area contributed by atoms with E-state index in [2.05, 4.69) is 61.4 Å². The number of carbonyl (C=O) groups excluding carboxylic acids is 1. The van der Waals surface area contributed by atoms with Crippen LogP contribution >= 0.6 is 43.2 Å². The summed E-state index contributed by atoms with van der Waals surface area (Å²) in [4.78, 5) is 12.8. The molecule has 2 heterocycles. The summed E-state index contributed by atoms with van der Waals surface area (Å²) in [5.74, 6) is 0.109. The Kier molecular flexibility index (Phi) is 3.78. The molecule has 5 heteroatoms. The van der Waals surface area contributed by atoms with Gasteiger partial charge < -0.3 is 5.32 Å². The zero-order chi connectivity index (χ0) is 13.4. The van der Waals surface area contributed by atoms with Crippen molar-refractivity contribution in [2.24, 2.45) is 0 Å². The van der Waals surface area contributed by atoms with E-state index in [0.717, 1.165) is 15.9 Å². The van der Waals surface area contributed by atoms with Gasteiger partial charge in [-0.25, -0.2) is 0 Å². The molecule has 1 unspecified atom stereocenters. The van der Waals surface area contributed by atoms with Gasteiger partial charge in [0.15, 0.2) is 0 Å². The van der Waals surface area contributed by atoms with Crippen LogP contribution in [0.3, 0.4) is 0 Å². The number of anilines is 1. The lowest BCUT2D eigenvalue weighted by molar-refractivity contribution is -0.116.